The van der Waals surface area contributed by atoms with Gasteiger partial charge in [0, 0.05) is 21.8 Å². The Balaban J connectivity index is 2.94. The second-order valence-electron chi connectivity index (χ2n) is 4.96. The van der Waals surface area contributed by atoms with E-state index >= 15 is 0 Å². The molecule has 0 aliphatic carbocycles. The SMILES string of the molecule is CC(N)Cc1c(F)cccc1SC(C)C(C)C. The quantitative estimate of drug-likeness (QED) is 0.809. The summed E-state index contributed by atoms with van der Waals surface area (Å²) in [5.74, 6) is 0.440. The fourth-order valence-corrected chi connectivity index (χ4v) is 2.66. The molecule has 1 aromatic rings. The zero-order chi connectivity index (χ0) is 13.0. The van der Waals surface area contributed by atoms with Gasteiger partial charge in [0.25, 0.3) is 0 Å². The maximum absolute atomic E-state index is 13.8. The Morgan fingerprint density at radius 2 is 1.88 bits per heavy atom. The summed E-state index contributed by atoms with van der Waals surface area (Å²) in [6, 6.07) is 5.27. The van der Waals surface area contributed by atoms with E-state index in [1.807, 2.05) is 13.0 Å². The third-order valence-electron chi connectivity index (χ3n) is 2.85. The molecular formula is C14H22FNS. The molecule has 0 amide bonds. The van der Waals surface area contributed by atoms with Gasteiger partial charge in [-0.15, -0.1) is 11.8 Å². The van der Waals surface area contributed by atoms with E-state index < -0.39 is 0 Å². The first-order chi connectivity index (χ1) is 7.91. The standard InChI is InChI=1S/C14H22FNS/c1-9(2)11(4)17-14-7-5-6-13(15)12(14)8-10(3)16/h5-7,9-11H,8,16H2,1-4H3. The van der Waals surface area contributed by atoms with Crippen molar-refractivity contribution in [2.75, 3.05) is 0 Å². The monoisotopic (exact) mass is 255 g/mol. The van der Waals surface area contributed by atoms with E-state index in [2.05, 4.69) is 20.8 Å². The van der Waals surface area contributed by atoms with E-state index in [1.165, 1.54) is 6.07 Å². The summed E-state index contributed by atoms with van der Waals surface area (Å²) in [5.41, 5.74) is 6.54. The number of benzene rings is 1. The Labute approximate surface area is 108 Å². The van der Waals surface area contributed by atoms with Crippen LogP contribution in [-0.2, 0) is 6.42 Å². The second-order valence-corrected chi connectivity index (χ2v) is 6.38. The molecule has 0 fully saturated rings. The molecule has 17 heavy (non-hydrogen) atoms. The van der Waals surface area contributed by atoms with Gasteiger partial charge < -0.3 is 5.73 Å². The highest BCUT2D eigenvalue weighted by atomic mass is 32.2. The molecule has 3 heteroatoms. The fraction of sp³-hybridized carbons (Fsp3) is 0.571. The molecule has 0 aliphatic heterocycles. The van der Waals surface area contributed by atoms with Crippen LogP contribution in [0, 0.1) is 11.7 Å². The largest absolute Gasteiger partial charge is 0.328 e. The van der Waals surface area contributed by atoms with E-state index in [9.17, 15) is 4.39 Å². The summed E-state index contributed by atoms with van der Waals surface area (Å²) in [7, 11) is 0. The van der Waals surface area contributed by atoms with Crippen LogP contribution in [-0.4, -0.2) is 11.3 Å². The predicted octanol–water partition coefficient (Wildman–Crippen LogP) is 3.85. The van der Waals surface area contributed by atoms with E-state index in [0.29, 0.717) is 17.6 Å². The summed E-state index contributed by atoms with van der Waals surface area (Å²) in [5, 5.41) is 0.476. The zero-order valence-corrected chi connectivity index (χ0v) is 11.9. The minimum atomic E-state index is -0.136. The van der Waals surface area contributed by atoms with Crippen LogP contribution < -0.4 is 5.73 Å². The van der Waals surface area contributed by atoms with Gasteiger partial charge in [0.2, 0.25) is 0 Å². The molecular weight excluding hydrogens is 233 g/mol. The Morgan fingerprint density at radius 3 is 2.41 bits per heavy atom. The molecule has 0 bridgehead atoms. The maximum atomic E-state index is 13.8. The van der Waals surface area contributed by atoms with Crippen molar-refractivity contribution in [2.24, 2.45) is 11.7 Å². The lowest BCUT2D eigenvalue weighted by Crippen LogP contribution is -2.19. The van der Waals surface area contributed by atoms with Gasteiger partial charge in [0.15, 0.2) is 0 Å². The van der Waals surface area contributed by atoms with Crippen LogP contribution in [0.4, 0.5) is 4.39 Å². The molecule has 0 aliphatic rings. The van der Waals surface area contributed by atoms with Gasteiger partial charge in [-0.25, -0.2) is 4.39 Å². The van der Waals surface area contributed by atoms with Crippen LogP contribution >= 0.6 is 11.8 Å². The molecule has 1 nitrogen and oxygen atoms in total. The summed E-state index contributed by atoms with van der Waals surface area (Å²) >= 11 is 1.74. The minimum absolute atomic E-state index is 0.0133. The Hall–Kier alpha value is -0.540. The maximum Gasteiger partial charge on any atom is 0.127 e. The third-order valence-corrected chi connectivity index (χ3v) is 4.41. The van der Waals surface area contributed by atoms with Gasteiger partial charge >= 0.3 is 0 Å². The molecule has 1 aromatic carbocycles. The molecule has 96 valence electrons. The van der Waals surface area contributed by atoms with Crippen molar-refractivity contribution in [1.29, 1.82) is 0 Å². The lowest BCUT2D eigenvalue weighted by Gasteiger charge is -2.18. The highest BCUT2D eigenvalue weighted by molar-refractivity contribution is 8.00. The molecule has 0 saturated carbocycles. The van der Waals surface area contributed by atoms with Crippen molar-refractivity contribution < 1.29 is 4.39 Å². The highest BCUT2D eigenvalue weighted by Crippen LogP contribution is 2.32. The molecule has 0 saturated heterocycles. The third kappa shape index (κ3) is 4.32. The normalized spacial score (nSPS) is 15.0. The van der Waals surface area contributed by atoms with Crippen molar-refractivity contribution in [2.45, 2.75) is 50.3 Å². The summed E-state index contributed by atoms with van der Waals surface area (Å²) in [6.45, 7) is 8.45. The molecule has 2 atom stereocenters. The van der Waals surface area contributed by atoms with Crippen molar-refractivity contribution >= 4 is 11.8 Å². The van der Waals surface area contributed by atoms with Crippen molar-refractivity contribution in [1.82, 2.24) is 0 Å². The van der Waals surface area contributed by atoms with Gasteiger partial charge in [-0.2, -0.15) is 0 Å². The van der Waals surface area contributed by atoms with Crippen molar-refractivity contribution in [3.8, 4) is 0 Å². The minimum Gasteiger partial charge on any atom is -0.328 e. The molecule has 0 aromatic heterocycles. The van der Waals surface area contributed by atoms with E-state index in [0.717, 1.165) is 10.5 Å². The summed E-state index contributed by atoms with van der Waals surface area (Å²) < 4.78 is 13.8. The Bertz CT molecular complexity index is 363. The van der Waals surface area contributed by atoms with Crippen LogP contribution in [0.2, 0.25) is 0 Å². The lowest BCUT2D eigenvalue weighted by atomic mass is 10.1. The average molecular weight is 255 g/mol. The van der Waals surface area contributed by atoms with Gasteiger partial charge in [-0.1, -0.05) is 26.8 Å². The van der Waals surface area contributed by atoms with Crippen LogP contribution in [0.3, 0.4) is 0 Å². The fourth-order valence-electron chi connectivity index (χ4n) is 1.51. The number of halogens is 1. The van der Waals surface area contributed by atoms with Crippen LogP contribution in [0.25, 0.3) is 0 Å². The molecule has 0 heterocycles. The van der Waals surface area contributed by atoms with Crippen LogP contribution in [0.1, 0.15) is 33.3 Å². The Kier molecular flexibility index (Phi) is 5.47. The average Bonchev–Trinajstić information content (AvgIpc) is 2.22. The van der Waals surface area contributed by atoms with Gasteiger partial charge in [0.1, 0.15) is 5.82 Å². The first kappa shape index (κ1) is 14.5. The molecule has 2 unspecified atom stereocenters. The van der Waals surface area contributed by atoms with Crippen molar-refractivity contribution in [3.63, 3.8) is 0 Å². The lowest BCUT2D eigenvalue weighted by molar-refractivity contribution is 0.587. The van der Waals surface area contributed by atoms with Crippen molar-refractivity contribution in [3.05, 3.63) is 29.6 Å². The van der Waals surface area contributed by atoms with Crippen LogP contribution in [0.5, 0.6) is 0 Å². The number of rotatable bonds is 5. The Morgan fingerprint density at radius 1 is 1.24 bits per heavy atom. The topological polar surface area (TPSA) is 26.0 Å². The number of thioether (sulfide) groups is 1. The molecule has 2 N–H and O–H groups in total. The number of hydrogen-bond acceptors (Lipinski definition) is 2. The molecule has 0 spiro atoms. The van der Waals surface area contributed by atoms with Crippen LogP contribution in [0.15, 0.2) is 23.1 Å². The smallest absolute Gasteiger partial charge is 0.127 e. The highest BCUT2D eigenvalue weighted by Gasteiger charge is 2.15. The van der Waals surface area contributed by atoms with E-state index in [-0.39, 0.29) is 11.9 Å². The summed E-state index contributed by atoms with van der Waals surface area (Å²) in [4.78, 5) is 1.03. The zero-order valence-electron chi connectivity index (χ0n) is 11.0. The molecule has 1 rings (SSSR count). The van der Waals surface area contributed by atoms with Gasteiger partial charge in [0.05, 0.1) is 0 Å². The molecule has 0 radical (unpaired) electrons. The number of hydrogen-bond donors (Lipinski definition) is 1. The summed E-state index contributed by atoms with van der Waals surface area (Å²) in [6.07, 6.45) is 0.597. The second kappa shape index (κ2) is 6.41. The van der Waals surface area contributed by atoms with E-state index in [4.69, 9.17) is 5.73 Å². The van der Waals surface area contributed by atoms with E-state index in [1.54, 1.807) is 17.8 Å². The first-order valence-corrected chi connectivity index (χ1v) is 6.99. The van der Waals surface area contributed by atoms with Gasteiger partial charge in [-0.3, -0.25) is 0 Å². The number of nitrogens with two attached hydrogens (primary N) is 1. The predicted molar refractivity (Wildman–Crippen MR) is 73.9 cm³/mol. The van der Waals surface area contributed by atoms with Gasteiger partial charge in [-0.05, 0) is 31.4 Å². The first-order valence-electron chi connectivity index (χ1n) is 6.11.